The number of aliphatic carboxylic acids is 1. The molecule has 2 aromatic carbocycles. The van der Waals surface area contributed by atoms with Crippen LogP contribution in [0.4, 0.5) is 5.82 Å². The van der Waals surface area contributed by atoms with Crippen molar-refractivity contribution in [1.82, 2.24) is 9.88 Å². The molecule has 5 rings (SSSR count). The van der Waals surface area contributed by atoms with Crippen molar-refractivity contribution in [2.24, 2.45) is 0 Å². The fourth-order valence-electron chi connectivity index (χ4n) is 5.38. The highest BCUT2D eigenvalue weighted by Gasteiger charge is 2.49. The molecule has 1 saturated heterocycles. The van der Waals surface area contributed by atoms with Gasteiger partial charge in [0.25, 0.3) is 5.91 Å². The first kappa shape index (κ1) is 30.3. The van der Waals surface area contributed by atoms with E-state index in [9.17, 15) is 23.1 Å². The topological polar surface area (TPSA) is 117 Å². The van der Waals surface area contributed by atoms with Gasteiger partial charge in [-0.15, -0.1) is 0 Å². The van der Waals surface area contributed by atoms with E-state index in [1.807, 2.05) is 13.0 Å². The van der Waals surface area contributed by atoms with Gasteiger partial charge in [-0.3, -0.25) is 13.9 Å². The number of ether oxygens (including phenoxy) is 1. The van der Waals surface area contributed by atoms with Gasteiger partial charge in [0, 0.05) is 16.2 Å². The zero-order valence-electron chi connectivity index (χ0n) is 22.8. The molecule has 4 atom stereocenters. The maximum Gasteiger partial charge on any atom is 0.306 e. The molecule has 1 amide bonds. The molecule has 0 radical (unpaired) electrons. The summed E-state index contributed by atoms with van der Waals surface area (Å²) in [4.78, 5) is 31.9. The number of carbonyl (C=O) groups is 2. The van der Waals surface area contributed by atoms with E-state index in [1.54, 1.807) is 65.6 Å². The molecule has 12 heteroatoms. The van der Waals surface area contributed by atoms with E-state index < -0.39 is 57.9 Å². The van der Waals surface area contributed by atoms with Crippen LogP contribution >= 0.6 is 23.2 Å². The third-order valence-electron chi connectivity index (χ3n) is 7.57. The van der Waals surface area contributed by atoms with E-state index in [1.165, 1.54) is 10.5 Å². The average Bonchev–Trinajstić information content (AvgIpc) is 3.82. The van der Waals surface area contributed by atoms with Gasteiger partial charge in [0.1, 0.15) is 18.0 Å². The zero-order valence-corrected chi connectivity index (χ0v) is 25.2. The van der Waals surface area contributed by atoms with Crippen molar-refractivity contribution in [3.05, 3.63) is 94.1 Å². The van der Waals surface area contributed by atoms with Crippen LogP contribution in [-0.4, -0.2) is 59.2 Å². The van der Waals surface area contributed by atoms with Crippen molar-refractivity contribution in [3.63, 3.8) is 0 Å². The minimum atomic E-state index is -3.76. The van der Waals surface area contributed by atoms with Crippen LogP contribution in [0.25, 0.3) is 0 Å². The molecule has 0 spiro atoms. The lowest BCUT2D eigenvalue weighted by atomic mass is 9.89. The highest BCUT2D eigenvalue weighted by Crippen LogP contribution is 2.45. The number of carboxylic acid groups (broad SMARTS) is 1. The predicted molar refractivity (Wildman–Crippen MR) is 160 cm³/mol. The number of carbonyl (C=O) groups excluding carboxylic acids is 1. The van der Waals surface area contributed by atoms with E-state index in [2.05, 4.69) is 4.98 Å². The normalized spacial score (nSPS) is 21.6. The molecular weight excluding hydrogens is 601 g/mol. The largest absolute Gasteiger partial charge is 0.481 e. The first-order valence-electron chi connectivity index (χ1n) is 13.7. The molecule has 1 aromatic heterocycles. The number of anilines is 1. The number of hydrogen-bond donors (Lipinski definition) is 1. The molecule has 1 saturated carbocycles. The van der Waals surface area contributed by atoms with Crippen LogP contribution in [0.15, 0.2) is 72.9 Å². The van der Waals surface area contributed by atoms with Gasteiger partial charge in [-0.2, -0.15) is 0 Å². The van der Waals surface area contributed by atoms with E-state index in [0.29, 0.717) is 40.4 Å². The van der Waals surface area contributed by atoms with Crippen LogP contribution in [0.1, 0.15) is 55.9 Å². The molecular formula is C30H31Cl2N3O6S. The fourth-order valence-corrected chi connectivity index (χ4v) is 7.54. The molecule has 1 aliphatic heterocycles. The van der Waals surface area contributed by atoms with E-state index in [0.717, 1.165) is 0 Å². The Morgan fingerprint density at radius 2 is 1.81 bits per heavy atom. The molecule has 0 bridgehead atoms. The quantitative estimate of drug-likeness (QED) is 0.290. The number of sulfonamides is 1. The van der Waals surface area contributed by atoms with Crippen LogP contribution in [0.5, 0.6) is 0 Å². The molecule has 1 aliphatic carbocycles. The number of amides is 1. The van der Waals surface area contributed by atoms with Crippen LogP contribution in [0.3, 0.4) is 0 Å². The number of hydrogen-bond acceptors (Lipinski definition) is 6. The molecule has 9 nitrogen and oxygen atoms in total. The average molecular weight is 633 g/mol. The number of carboxylic acids is 1. The second-order valence-corrected chi connectivity index (χ2v) is 13.5. The number of halogens is 2. The second kappa shape index (κ2) is 12.6. The van der Waals surface area contributed by atoms with Crippen molar-refractivity contribution in [2.75, 3.05) is 10.8 Å². The smallest absolute Gasteiger partial charge is 0.306 e. The van der Waals surface area contributed by atoms with E-state index >= 15 is 0 Å². The Labute approximate surface area is 255 Å². The summed E-state index contributed by atoms with van der Waals surface area (Å²) in [7, 11) is -3.76. The van der Waals surface area contributed by atoms with E-state index in [-0.39, 0.29) is 12.4 Å². The Morgan fingerprint density at radius 3 is 2.40 bits per heavy atom. The van der Waals surface area contributed by atoms with Crippen LogP contribution < -0.4 is 4.31 Å². The first-order valence-corrected chi connectivity index (χ1v) is 16.0. The summed E-state index contributed by atoms with van der Waals surface area (Å²) in [6.07, 6.45) is 0.368. The van der Waals surface area contributed by atoms with Gasteiger partial charge >= 0.3 is 5.97 Å². The lowest BCUT2D eigenvalue weighted by molar-refractivity contribution is -0.183. The molecule has 222 valence electrons. The first-order chi connectivity index (χ1) is 20.1. The second-order valence-electron chi connectivity index (χ2n) is 10.5. The Balaban J connectivity index is 1.64. The summed E-state index contributed by atoms with van der Waals surface area (Å²) in [5.41, 5.74) is 1.34. The van der Waals surface area contributed by atoms with Crippen molar-refractivity contribution in [1.29, 1.82) is 0 Å². The number of rotatable bonds is 11. The number of benzene rings is 2. The van der Waals surface area contributed by atoms with Gasteiger partial charge in [0.15, 0.2) is 0 Å². The summed E-state index contributed by atoms with van der Waals surface area (Å²) >= 11 is 12.6. The summed E-state index contributed by atoms with van der Waals surface area (Å²) in [5.74, 6) is -1.46. The van der Waals surface area contributed by atoms with Gasteiger partial charge < -0.3 is 14.7 Å². The Kier molecular flexibility index (Phi) is 9.08. The molecule has 42 heavy (non-hydrogen) atoms. The van der Waals surface area contributed by atoms with Crippen LogP contribution in [-0.2, 0) is 24.3 Å². The van der Waals surface area contributed by atoms with Gasteiger partial charge in [0.05, 0.1) is 30.3 Å². The molecule has 3 aromatic rings. The summed E-state index contributed by atoms with van der Waals surface area (Å²) in [6, 6.07) is 17.6. The lowest BCUT2D eigenvalue weighted by Gasteiger charge is -2.48. The van der Waals surface area contributed by atoms with Gasteiger partial charge in [-0.05, 0) is 66.8 Å². The lowest BCUT2D eigenvalue weighted by Crippen LogP contribution is -2.58. The summed E-state index contributed by atoms with van der Waals surface area (Å²) in [5, 5.41) is 10.1. The van der Waals surface area contributed by atoms with Crippen molar-refractivity contribution < 1.29 is 27.9 Å². The van der Waals surface area contributed by atoms with Gasteiger partial charge in [-0.1, -0.05) is 60.5 Å². The minimum absolute atomic E-state index is 0.0652. The summed E-state index contributed by atoms with van der Waals surface area (Å²) < 4.78 is 34.9. The Morgan fingerprint density at radius 1 is 1.07 bits per heavy atom. The van der Waals surface area contributed by atoms with Gasteiger partial charge in [0.2, 0.25) is 10.0 Å². The number of pyridine rings is 1. The number of aromatic nitrogens is 1. The highest BCUT2D eigenvalue weighted by atomic mass is 35.5. The summed E-state index contributed by atoms with van der Waals surface area (Å²) in [6.45, 7) is 1.80. The van der Waals surface area contributed by atoms with E-state index in [4.69, 9.17) is 27.9 Å². The number of morpholine rings is 1. The molecule has 2 aliphatic rings. The van der Waals surface area contributed by atoms with Gasteiger partial charge in [-0.25, -0.2) is 13.4 Å². The molecule has 1 N–H and O–H groups in total. The zero-order chi connectivity index (χ0) is 30.0. The Hall–Kier alpha value is -3.18. The van der Waals surface area contributed by atoms with Crippen LogP contribution in [0, 0.1) is 0 Å². The standard InChI is InChI=1S/C30H31Cl2N3O6S/c1-2-23(18-34(26-8-3-4-15-33-26)42(39,40)24-13-14-24)35-28(19-9-11-21(31)12-10-19)29(20-6-5-7-22(32)16-20)41-25(30(35)38)17-27(36)37/h3-12,15-16,23-25,28-29H,2,13-14,17-18H2,1H3,(H,36,37)/t23?,25-,28+,29+/m0/s1. The predicted octanol–water partition coefficient (Wildman–Crippen LogP) is 5.65. The number of nitrogens with zero attached hydrogens (tertiary/aromatic N) is 3. The van der Waals surface area contributed by atoms with Crippen molar-refractivity contribution in [3.8, 4) is 0 Å². The van der Waals surface area contributed by atoms with Crippen LogP contribution in [0.2, 0.25) is 10.0 Å². The molecule has 1 unspecified atom stereocenters. The maximum atomic E-state index is 14.2. The van der Waals surface area contributed by atoms with Crippen molar-refractivity contribution >= 4 is 50.9 Å². The van der Waals surface area contributed by atoms with Crippen molar-refractivity contribution in [2.45, 2.75) is 62.1 Å². The molecule has 2 fully saturated rings. The maximum absolute atomic E-state index is 14.2. The molecule has 2 heterocycles. The third-order valence-corrected chi connectivity index (χ3v) is 10.3. The minimum Gasteiger partial charge on any atom is -0.481 e. The SMILES string of the molecule is CCC(CN(c1ccccn1)S(=O)(=O)C1CC1)N1C(=O)[C@H](CC(=O)O)O[C@H](c2cccc(Cl)c2)[C@H]1c1ccc(Cl)cc1. The third kappa shape index (κ3) is 6.41. The fraction of sp³-hybridized carbons (Fsp3) is 0.367. The monoisotopic (exact) mass is 631 g/mol. The Bertz CT molecular complexity index is 1540. The highest BCUT2D eigenvalue weighted by molar-refractivity contribution is 7.93.